The lowest BCUT2D eigenvalue weighted by Gasteiger charge is -2.36. The number of halogens is 3. The van der Waals surface area contributed by atoms with Gasteiger partial charge in [-0.15, -0.1) is 0 Å². The molecule has 8 heteroatoms. The van der Waals surface area contributed by atoms with Crippen LogP contribution in [0.25, 0.3) is 10.8 Å². The Labute approximate surface area is 183 Å². The number of pyridine rings is 1. The van der Waals surface area contributed by atoms with Crippen LogP contribution in [0, 0.1) is 5.82 Å². The van der Waals surface area contributed by atoms with Gasteiger partial charge in [-0.1, -0.05) is 12.1 Å². The van der Waals surface area contributed by atoms with Crippen LogP contribution in [0.15, 0.2) is 54.9 Å². The van der Waals surface area contributed by atoms with Crippen LogP contribution in [-0.4, -0.2) is 34.6 Å². The summed E-state index contributed by atoms with van der Waals surface area (Å²) in [6.07, 6.45) is 5.10. The molecule has 0 saturated heterocycles. The molecule has 1 unspecified atom stereocenters. The highest BCUT2D eigenvalue weighted by Gasteiger charge is 2.57. The topological polar surface area (TPSA) is 71.5 Å². The molecule has 0 bridgehead atoms. The summed E-state index contributed by atoms with van der Waals surface area (Å²) in [6, 6.07) is 12.3. The number of alkyl halides is 2. The van der Waals surface area contributed by atoms with Crippen molar-refractivity contribution in [2.75, 3.05) is 0 Å². The van der Waals surface area contributed by atoms with Gasteiger partial charge in [-0.05, 0) is 54.1 Å². The first-order valence-corrected chi connectivity index (χ1v) is 10.4. The summed E-state index contributed by atoms with van der Waals surface area (Å²) in [4.78, 5) is 12.4. The highest BCUT2D eigenvalue weighted by Crippen LogP contribution is 2.55. The Bertz CT molecular complexity index is 1090. The molecule has 2 aliphatic carbocycles. The van der Waals surface area contributed by atoms with Gasteiger partial charge in [0.15, 0.2) is 0 Å². The second-order valence-electron chi connectivity index (χ2n) is 8.10. The number of fused-ring (bicyclic) bond motifs is 1. The molecule has 2 aliphatic rings. The minimum absolute atomic E-state index is 0.0585. The molecule has 0 radical (unpaired) electrons. The summed E-state index contributed by atoms with van der Waals surface area (Å²) in [5, 5.41) is 12.1. The molecule has 0 amide bonds. The molecule has 2 saturated carbocycles. The van der Waals surface area contributed by atoms with Crippen molar-refractivity contribution in [3.8, 4) is 5.75 Å². The van der Waals surface area contributed by atoms with E-state index in [0.29, 0.717) is 23.4 Å². The van der Waals surface area contributed by atoms with E-state index in [9.17, 15) is 13.2 Å². The van der Waals surface area contributed by atoms with Crippen LogP contribution in [0.4, 0.5) is 13.2 Å². The summed E-state index contributed by atoms with van der Waals surface area (Å²) in [5.74, 6) is -2.70. The molecule has 0 aliphatic heterocycles. The highest BCUT2D eigenvalue weighted by atomic mass is 19.3. The van der Waals surface area contributed by atoms with Gasteiger partial charge in [0.05, 0.1) is 5.92 Å². The SMILES string of the molecule is Fc1ccc2cnccc2c1CNC1CC(Oc2ccc(C3CC3(F)F)cc2)C1.O=CO. The maximum Gasteiger partial charge on any atom is 0.290 e. The van der Waals surface area contributed by atoms with Crippen molar-refractivity contribution in [2.45, 2.75) is 49.8 Å². The van der Waals surface area contributed by atoms with Crippen molar-refractivity contribution in [3.05, 3.63) is 71.8 Å². The Morgan fingerprint density at radius 2 is 1.84 bits per heavy atom. The van der Waals surface area contributed by atoms with Crippen molar-refractivity contribution >= 4 is 17.2 Å². The van der Waals surface area contributed by atoms with Gasteiger partial charge in [-0.3, -0.25) is 9.78 Å². The van der Waals surface area contributed by atoms with E-state index in [-0.39, 0.29) is 30.9 Å². The standard InChI is InChI=1S/C23H21F3N2O.CH2O2/c24-22-6-3-15-12-27-8-7-19(15)20(22)13-28-16-9-18(10-16)29-17-4-1-14(2-5-17)21-11-23(21,25)26;2-1-3/h1-8,12,16,18,21,28H,9-11,13H2;1H,(H,2,3). The molecule has 3 aromatic rings. The van der Waals surface area contributed by atoms with Crippen LogP contribution >= 0.6 is 0 Å². The fraction of sp³-hybridized carbons (Fsp3) is 0.333. The van der Waals surface area contributed by atoms with E-state index in [0.717, 1.165) is 23.6 Å². The fourth-order valence-corrected chi connectivity index (χ4v) is 4.01. The zero-order chi connectivity index (χ0) is 22.7. The van der Waals surface area contributed by atoms with E-state index in [2.05, 4.69) is 10.3 Å². The van der Waals surface area contributed by atoms with E-state index < -0.39 is 11.8 Å². The molecule has 0 spiro atoms. The minimum atomic E-state index is -2.55. The lowest BCUT2D eigenvalue weighted by molar-refractivity contribution is -0.122. The van der Waals surface area contributed by atoms with E-state index >= 15 is 0 Å². The zero-order valence-electron chi connectivity index (χ0n) is 17.2. The monoisotopic (exact) mass is 444 g/mol. The molecule has 2 fully saturated rings. The summed E-state index contributed by atoms with van der Waals surface area (Å²) < 4.78 is 46.5. The lowest BCUT2D eigenvalue weighted by atomic mass is 9.89. The molecule has 5 nitrogen and oxygen atoms in total. The van der Waals surface area contributed by atoms with Gasteiger partial charge in [0.25, 0.3) is 12.4 Å². The number of aromatic nitrogens is 1. The third-order valence-corrected chi connectivity index (χ3v) is 5.95. The largest absolute Gasteiger partial charge is 0.490 e. The summed E-state index contributed by atoms with van der Waals surface area (Å²) in [6.45, 7) is 0.203. The Hall–Kier alpha value is -3.13. The van der Waals surface area contributed by atoms with E-state index in [1.807, 2.05) is 6.07 Å². The third-order valence-electron chi connectivity index (χ3n) is 5.95. The van der Waals surface area contributed by atoms with Gasteiger partial charge in [0.2, 0.25) is 0 Å². The maximum absolute atomic E-state index is 14.3. The number of rotatable bonds is 6. The van der Waals surface area contributed by atoms with Gasteiger partial charge >= 0.3 is 0 Å². The van der Waals surface area contributed by atoms with E-state index in [1.54, 1.807) is 42.7 Å². The Morgan fingerprint density at radius 1 is 1.16 bits per heavy atom. The van der Waals surface area contributed by atoms with Crippen molar-refractivity contribution in [1.29, 1.82) is 0 Å². The molecule has 1 heterocycles. The number of nitrogens with zero attached hydrogens (tertiary/aromatic N) is 1. The van der Waals surface area contributed by atoms with Crippen LogP contribution < -0.4 is 10.1 Å². The predicted octanol–water partition coefficient (Wildman–Crippen LogP) is 4.90. The van der Waals surface area contributed by atoms with Gasteiger partial charge in [0, 0.05) is 42.4 Å². The van der Waals surface area contributed by atoms with Gasteiger partial charge in [-0.25, -0.2) is 13.2 Å². The molecule has 5 rings (SSSR count). The third kappa shape index (κ3) is 4.85. The Kier molecular flexibility index (Phi) is 6.32. The van der Waals surface area contributed by atoms with Crippen molar-refractivity contribution in [3.63, 3.8) is 0 Å². The number of hydrogen-bond acceptors (Lipinski definition) is 4. The summed E-state index contributed by atoms with van der Waals surface area (Å²) in [7, 11) is 0. The number of carbonyl (C=O) groups is 1. The molecular weight excluding hydrogens is 421 g/mol. The van der Waals surface area contributed by atoms with Crippen LogP contribution in [0.1, 0.15) is 36.3 Å². The number of carboxylic acid groups (broad SMARTS) is 1. The molecule has 1 aromatic heterocycles. The quantitative estimate of drug-likeness (QED) is 0.530. The number of hydrogen-bond donors (Lipinski definition) is 2. The van der Waals surface area contributed by atoms with Gasteiger partial charge in [0.1, 0.15) is 17.7 Å². The average molecular weight is 444 g/mol. The molecule has 32 heavy (non-hydrogen) atoms. The first-order valence-electron chi connectivity index (χ1n) is 10.4. The van der Waals surface area contributed by atoms with E-state index in [1.165, 1.54) is 6.07 Å². The van der Waals surface area contributed by atoms with Gasteiger partial charge < -0.3 is 15.2 Å². The summed E-state index contributed by atoms with van der Waals surface area (Å²) >= 11 is 0. The van der Waals surface area contributed by atoms with Crippen LogP contribution in [0.3, 0.4) is 0 Å². The second-order valence-corrected chi connectivity index (χ2v) is 8.10. The highest BCUT2D eigenvalue weighted by molar-refractivity contribution is 5.84. The van der Waals surface area contributed by atoms with Crippen LogP contribution in [-0.2, 0) is 11.3 Å². The van der Waals surface area contributed by atoms with Crippen molar-refractivity contribution in [1.82, 2.24) is 10.3 Å². The van der Waals surface area contributed by atoms with E-state index in [4.69, 9.17) is 14.6 Å². The van der Waals surface area contributed by atoms with Gasteiger partial charge in [-0.2, -0.15) is 0 Å². The number of nitrogens with one attached hydrogen (secondary N) is 1. The molecule has 2 N–H and O–H groups in total. The predicted molar refractivity (Wildman–Crippen MR) is 113 cm³/mol. The average Bonchev–Trinajstić information content (AvgIpc) is 3.40. The molecule has 168 valence electrons. The second kappa shape index (κ2) is 9.16. The molecular formula is C24H23F3N2O3. The lowest BCUT2D eigenvalue weighted by Crippen LogP contribution is -2.46. The van der Waals surface area contributed by atoms with Crippen LogP contribution in [0.5, 0.6) is 5.75 Å². The minimum Gasteiger partial charge on any atom is -0.490 e. The molecule has 1 atom stereocenters. The smallest absolute Gasteiger partial charge is 0.290 e. The fourth-order valence-electron chi connectivity index (χ4n) is 4.01. The Balaban J connectivity index is 0.000000775. The van der Waals surface area contributed by atoms with Crippen molar-refractivity contribution < 1.29 is 27.8 Å². The molecule has 2 aromatic carbocycles. The first kappa shape index (κ1) is 22.1. The normalized spacial score (nSPS) is 22.9. The summed E-state index contributed by atoms with van der Waals surface area (Å²) in [5.41, 5.74) is 1.32. The van der Waals surface area contributed by atoms with Crippen molar-refractivity contribution in [2.24, 2.45) is 0 Å². The maximum atomic E-state index is 14.3. The Morgan fingerprint density at radius 3 is 2.50 bits per heavy atom. The first-order chi connectivity index (χ1) is 15.4. The van der Waals surface area contributed by atoms with Crippen LogP contribution in [0.2, 0.25) is 0 Å². The zero-order valence-corrected chi connectivity index (χ0v) is 17.2. The number of benzene rings is 2. The number of ether oxygens (including phenoxy) is 1.